The van der Waals surface area contributed by atoms with Crippen LogP contribution in [0.4, 0.5) is 5.00 Å². The van der Waals surface area contributed by atoms with Crippen LogP contribution in [-0.4, -0.2) is 25.1 Å². The zero-order valence-corrected chi connectivity index (χ0v) is 21.3. The summed E-state index contributed by atoms with van der Waals surface area (Å²) in [6.45, 7) is 12.5. The van der Waals surface area contributed by atoms with Gasteiger partial charge in [-0.1, -0.05) is 32.4 Å². The number of carbonyl (C=O) groups is 2. The van der Waals surface area contributed by atoms with E-state index in [9.17, 15) is 9.59 Å². The number of amides is 1. The molecule has 1 aliphatic rings. The van der Waals surface area contributed by atoms with Gasteiger partial charge >= 0.3 is 5.97 Å². The number of fused-ring (bicyclic) bond motifs is 1. The quantitative estimate of drug-likeness (QED) is 0.491. The largest absolute Gasteiger partial charge is 0.484 e. The highest BCUT2D eigenvalue weighted by atomic mass is 35.5. The van der Waals surface area contributed by atoms with Crippen molar-refractivity contribution >= 4 is 39.8 Å². The lowest BCUT2D eigenvalue weighted by Gasteiger charge is -2.33. The molecule has 1 aromatic carbocycles. The molecule has 5 nitrogen and oxygen atoms in total. The molecule has 1 unspecified atom stereocenters. The van der Waals surface area contributed by atoms with Crippen molar-refractivity contribution in [3.8, 4) is 5.75 Å². The number of hydrogen-bond acceptors (Lipinski definition) is 5. The van der Waals surface area contributed by atoms with E-state index in [2.05, 4.69) is 26.1 Å². The molecule has 0 bridgehead atoms. The topological polar surface area (TPSA) is 64.6 Å². The normalized spacial score (nSPS) is 15.8. The van der Waals surface area contributed by atoms with Gasteiger partial charge < -0.3 is 14.8 Å². The van der Waals surface area contributed by atoms with Crippen LogP contribution >= 0.6 is 22.9 Å². The van der Waals surface area contributed by atoms with Crippen molar-refractivity contribution in [2.24, 2.45) is 11.3 Å². The fraction of sp³-hybridized carbons (Fsp3) is 0.520. The van der Waals surface area contributed by atoms with Gasteiger partial charge in [-0.3, -0.25) is 4.79 Å². The van der Waals surface area contributed by atoms with Crippen molar-refractivity contribution in [3.05, 3.63) is 44.3 Å². The molecule has 1 atom stereocenters. The molecule has 0 spiro atoms. The summed E-state index contributed by atoms with van der Waals surface area (Å²) in [5.41, 5.74) is 3.51. The Bertz CT molecular complexity index is 999. The third-order valence-corrected chi connectivity index (χ3v) is 7.77. The highest BCUT2D eigenvalue weighted by Crippen LogP contribution is 2.44. The number of benzene rings is 1. The van der Waals surface area contributed by atoms with Crippen molar-refractivity contribution in [3.63, 3.8) is 0 Å². The van der Waals surface area contributed by atoms with Crippen LogP contribution < -0.4 is 10.1 Å². The number of rotatable bonds is 6. The molecule has 1 amide bonds. The third kappa shape index (κ3) is 5.46. The smallest absolute Gasteiger partial charge is 0.341 e. The number of carbonyl (C=O) groups excluding carboxylic acids is 2. The summed E-state index contributed by atoms with van der Waals surface area (Å²) < 4.78 is 11.0. The van der Waals surface area contributed by atoms with Crippen LogP contribution in [0.2, 0.25) is 5.02 Å². The van der Waals surface area contributed by atoms with Gasteiger partial charge in [0, 0.05) is 9.90 Å². The number of thiophene rings is 1. The highest BCUT2D eigenvalue weighted by Gasteiger charge is 2.34. The molecule has 1 aromatic heterocycles. The average molecular weight is 478 g/mol. The fourth-order valence-corrected chi connectivity index (χ4v) is 5.57. The van der Waals surface area contributed by atoms with E-state index in [1.807, 2.05) is 26.0 Å². The molecule has 1 aliphatic carbocycles. The predicted octanol–water partition coefficient (Wildman–Crippen LogP) is 6.36. The van der Waals surface area contributed by atoms with Gasteiger partial charge in [-0.05, 0) is 80.2 Å². The number of nitrogens with one attached hydrogen (secondary N) is 1. The molecule has 0 fully saturated rings. The van der Waals surface area contributed by atoms with E-state index in [-0.39, 0.29) is 23.9 Å². The molecule has 1 heterocycles. The second-order valence-electron chi connectivity index (χ2n) is 9.44. The van der Waals surface area contributed by atoms with Gasteiger partial charge in [0.15, 0.2) is 6.61 Å². The van der Waals surface area contributed by atoms with Crippen LogP contribution in [0.5, 0.6) is 5.75 Å². The van der Waals surface area contributed by atoms with Crippen LogP contribution in [-0.2, 0) is 22.4 Å². The van der Waals surface area contributed by atoms with E-state index in [1.165, 1.54) is 16.2 Å². The molecule has 1 N–H and O–H groups in total. The zero-order valence-electron chi connectivity index (χ0n) is 19.7. The Morgan fingerprint density at radius 1 is 1.22 bits per heavy atom. The summed E-state index contributed by atoms with van der Waals surface area (Å²) >= 11 is 7.69. The van der Waals surface area contributed by atoms with Crippen molar-refractivity contribution in [2.75, 3.05) is 18.5 Å². The fourth-order valence-electron chi connectivity index (χ4n) is 4.13. The molecule has 3 rings (SSSR count). The van der Waals surface area contributed by atoms with E-state index >= 15 is 0 Å². The predicted molar refractivity (Wildman–Crippen MR) is 130 cm³/mol. The van der Waals surface area contributed by atoms with E-state index in [1.54, 1.807) is 6.92 Å². The molecule has 174 valence electrons. The number of esters is 1. The van der Waals surface area contributed by atoms with Gasteiger partial charge in [0.1, 0.15) is 10.8 Å². The second kappa shape index (κ2) is 9.84. The molecular weight excluding hydrogens is 446 g/mol. The van der Waals surface area contributed by atoms with Gasteiger partial charge in [-0.25, -0.2) is 4.79 Å². The van der Waals surface area contributed by atoms with Crippen molar-refractivity contribution in [1.29, 1.82) is 0 Å². The maximum Gasteiger partial charge on any atom is 0.341 e. The molecular formula is C25H32ClNO4S. The first-order valence-corrected chi connectivity index (χ1v) is 12.2. The zero-order chi connectivity index (χ0) is 23.6. The summed E-state index contributed by atoms with van der Waals surface area (Å²) in [5.74, 6) is 0.432. The number of hydrogen-bond donors (Lipinski definition) is 1. The first-order valence-electron chi connectivity index (χ1n) is 11.0. The highest BCUT2D eigenvalue weighted by molar-refractivity contribution is 7.17. The van der Waals surface area contributed by atoms with Crippen LogP contribution in [0.25, 0.3) is 0 Å². The van der Waals surface area contributed by atoms with Crippen LogP contribution in [0, 0.1) is 25.2 Å². The summed E-state index contributed by atoms with van der Waals surface area (Å²) in [6.07, 6.45) is 2.74. The van der Waals surface area contributed by atoms with Gasteiger partial charge in [0.25, 0.3) is 5.91 Å². The van der Waals surface area contributed by atoms with Gasteiger partial charge in [0.2, 0.25) is 0 Å². The molecule has 7 heteroatoms. The molecule has 2 aromatic rings. The summed E-state index contributed by atoms with van der Waals surface area (Å²) in [4.78, 5) is 26.6. The van der Waals surface area contributed by atoms with Crippen LogP contribution in [0.1, 0.15) is 66.0 Å². The Hall–Kier alpha value is -2.05. The number of halogens is 1. The average Bonchev–Trinajstić information content (AvgIpc) is 3.06. The molecule has 32 heavy (non-hydrogen) atoms. The summed E-state index contributed by atoms with van der Waals surface area (Å²) in [5, 5.41) is 4.15. The molecule has 0 aliphatic heterocycles. The monoisotopic (exact) mass is 477 g/mol. The minimum atomic E-state index is -0.376. The lowest BCUT2D eigenvalue weighted by Crippen LogP contribution is -2.26. The first-order chi connectivity index (χ1) is 15.0. The Kier molecular flexibility index (Phi) is 7.56. The lowest BCUT2D eigenvalue weighted by molar-refractivity contribution is -0.118. The van der Waals surface area contributed by atoms with Crippen molar-refractivity contribution in [1.82, 2.24) is 0 Å². The minimum Gasteiger partial charge on any atom is -0.484 e. The minimum absolute atomic E-state index is 0.157. The maximum absolute atomic E-state index is 12.7. The maximum atomic E-state index is 12.7. The Morgan fingerprint density at radius 3 is 2.47 bits per heavy atom. The van der Waals surface area contributed by atoms with Crippen LogP contribution in [0.3, 0.4) is 0 Å². The van der Waals surface area contributed by atoms with Gasteiger partial charge in [-0.2, -0.15) is 0 Å². The number of aryl methyl sites for hydroxylation is 2. The Labute approximate surface area is 199 Å². The van der Waals surface area contributed by atoms with Crippen molar-refractivity contribution in [2.45, 2.75) is 60.8 Å². The van der Waals surface area contributed by atoms with Crippen LogP contribution in [0.15, 0.2) is 12.1 Å². The van der Waals surface area contributed by atoms with Gasteiger partial charge in [-0.15, -0.1) is 11.3 Å². The summed E-state index contributed by atoms with van der Waals surface area (Å²) in [7, 11) is 0. The molecule has 0 radical (unpaired) electrons. The van der Waals surface area contributed by atoms with Gasteiger partial charge in [0.05, 0.1) is 12.2 Å². The summed E-state index contributed by atoms with van der Waals surface area (Å²) in [6, 6.07) is 3.62. The van der Waals surface area contributed by atoms with E-state index in [0.29, 0.717) is 33.9 Å². The van der Waals surface area contributed by atoms with Crippen molar-refractivity contribution < 1.29 is 19.1 Å². The number of anilines is 1. The van der Waals surface area contributed by atoms with E-state index in [0.717, 1.165) is 36.0 Å². The SMILES string of the molecule is CCOC(=O)c1c(NC(=O)COc2cc(C)c(Cl)c(C)c2)sc2c1CCC(C(C)(C)C)C2. The molecule has 0 saturated carbocycles. The third-order valence-electron chi connectivity index (χ3n) is 6.00. The first kappa shape index (κ1) is 24.6. The Morgan fingerprint density at radius 2 is 1.88 bits per heavy atom. The van der Waals surface area contributed by atoms with E-state index in [4.69, 9.17) is 21.1 Å². The number of ether oxygens (including phenoxy) is 2. The second-order valence-corrected chi connectivity index (χ2v) is 10.9. The molecule has 0 saturated heterocycles. The Balaban J connectivity index is 1.78. The standard InChI is InChI=1S/C25H32ClNO4S/c1-7-30-24(29)21-18-9-8-16(25(4,5)6)12-19(18)32-23(21)27-20(28)13-31-17-10-14(2)22(26)15(3)11-17/h10-11,16H,7-9,12-13H2,1-6H3,(H,27,28). The van der Waals surface area contributed by atoms with E-state index < -0.39 is 0 Å². The lowest BCUT2D eigenvalue weighted by atomic mass is 9.72.